The molecule has 10 nitrogen and oxygen atoms in total. The highest BCUT2D eigenvalue weighted by Crippen LogP contribution is 2.40. The molecule has 0 bridgehead atoms. The lowest BCUT2D eigenvalue weighted by atomic mass is 9.98. The third kappa shape index (κ3) is 3.97. The Kier molecular flexibility index (Phi) is 5.68. The van der Waals surface area contributed by atoms with Gasteiger partial charge in [0, 0.05) is 10.4 Å². The molecular formula is C23H20N6O4S. The predicted octanol–water partition coefficient (Wildman–Crippen LogP) is 4.76. The summed E-state index contributed by atoms with van der Waals surface area (Å²) in [5, 5.41) is 23.6. The summed E-state index contributed by atoms with van der Waals surface area (Å²) in [7, 11) is 0. The number of ether oxygens (including phenoxy) is 2. The summed E-state index contributed by atoms with van der Waals surface area (Å²) in [5.41, 5.74) is 5.19. The summed E-state index contributed by atoms with van der Waals surface area (Å²) in [4.78, 5) is 16.7. The molecule has 0 unspecified atom stereocenters. The van der Waals surface area contributed by atoms with Gasteiger partial charge >= 0.3 is 6.16 Å². The van der Waals surface area contributed by atoms with E-state index in [0.717, 1.165) is 27.1 Å². The number of hydrogen-bond donors (Lipinski definition) is 2. The fourth-order valence-corrected chi connectivity index (χ4v) is 4.78. The topological polar surface area (TPSA) is 128 Å². The van der Waals surface area contributed by atoms with Crippen LogP contribution in [0, 0.1) is 6.92 Å². The van der Waals surface area contributed by atoms with Gasteiger partial charge in [-0.15, -0.1) is 5.10 Å². The molecule has 0 spiro atoms. The van der Waals surface area contributed by atoms with Gasteiger partial charge in [-0.05, 0) is 41.0 Å². The number of aromatic amines is 1. The van der Waals surface area contributed by atoms with Crippen molar-refractivity contribution in [2.24, 2.45) is 0 Å². The average molecular weight is 477 g/mol. The second-order valence-corrected chi connectivity index (χ2v) is 8.60. The predicted molar refractivity (Wildman–Crippen MR) is 126 cm³/mol. The minimum atomic E-state index is -1.36. The Hall–Kier alpha value is -4.25. The van der Waals surface area contributed by atoms with Crippen LogP contribution in [0.5, 0.6) is 11.1 Å². The number of aromatic nitrogens is 6. The van der Waals surface area contributed by atoms with Gasteiger partial charge in [0.15, 0.2) is 5.82 Å². The summed E-state index contributed by atoms with van der Waals surface area (Å²) in [6.45, 7) is 4.63. The number of imidazole rings is 1. The standard InChI is InChI=1S/C23H20N6O4S/c1-3-32-22-24-18-13(2)34-21(33-23(30)31)19(18)29(22)12-14-8-10-15(11-9-14)16-6-4-5-7-17(16)20-25-27-28-26-20/h4-11H,3,12H2,1-2H3,(H,30,31)(H,25,26,27,28). The molecule has 0 aliphatic carbocycles. The zero-order valence-electron chi connectivity index (χ0n) is 18.3. The molecule has 0 saturated carbocycles. The Morgan fingerprint density at radius 1 is 1.15 bits per heavy atom. The molecule has 11 heteroatoms. The van der Waals surface area contributed by atoms with Gasteiger partial charge in [-0.2, -0.15) is 4.98 Å². The molecule has 34 heavy (non-hydrogen) atoms. The van der Waals surface area contributed by atoms with Crippen LogP contribution >= 0.6 is 11.3 Å². The zero-order chi connectivity index (χ0) is 23.7. The summed E-state index contributed by atoms with van der Waals surface area (Å²) >= 11 is 1.25. The van der Waals surface area contributed by atoms with Crippen molar-refractivity contribution in [3.63, 3.8) is 0 Å². The number of fused-ring (bicyclic) bond motifs is 1. The van der Waals surface area contributed by atoms with Crippen LogP contribution in [0.25, 0.3) is 33.5 Å². The number of rotatable bonds is 7. The van der Waals surface area contributed by atoms with E-state index in [9.17, 15) is 4.79 Å². The van der Waals surface area contributed by atoms with Gasteiger partial charge in [-0.25, -0.2) is 9.89 Å². The summed E-state index contributed by atoms with van der Waals surface area (Å²) in [5.74, 6) is 0.598. The fraction of sp³-hybridized carbons (Fsp3) is 0.174. The highest BCUT2D eigenvalue weighted by atomic mass is 32.1. The van der Waals surface area contributed by atoms with Crippen molar-refractivity contribution >= 4 is 28.5 Å². The Bertz CT molecular complexity index is 1460. The molecule has 0 aliphatic rings. The van der Waals surface area contributed by atoms with Crippen LogP contribution in [0.4, 0.5) is 4.79 Å². The lowest BCUT2D eigenvalue weighted by Gasteiger charge is -2.11. The quantitative estimate of drug-likeness (QED) is 0.322. The number of nitrogens with zero attached hydrogens (tertiary/aromatic N) is 5. The number of carbonyl (C=O) groups is 1. The van der Waals surface area contributed by atoms with Crippen molar-refractivity contribution in [3.8, 4) is 33.6 Å². The normalized spacial score (nSPS) is 11.1. The Morgan fingerprint density at radius 3 is 2.59 bits per heavy atom. The molecular weight excluding hydrogens is 456 g/mol. The van der Waals surface area contributed by atoms with Crippen molar-refractivity contribution in [1.82, 2.24) is 30.2 Å². The number of tetrazole rings is 1. The first-order valence-electron chi connectivity index (χ1n) is 10.5. The van der Waals surface area contributed by atoms with Gasteiger partial charge in [0.25, 0.3) is 6.01 Å². The SMILES string of the molecule is CCOc1nc2c(C)sc(OC(=O)O)c2n1Cc1ccc(-c2ccccc2-c2nnn[nH]2)cc1. The van der Waals surface area contributed by atoms with Crippen LogP contribution in [0.2, 0.25) is 0 Å². The average Bonchev–Trinajstić information content (AvgIpc) is 3.54. The van der Waals surface area contributed by atoms with Crippen molar-refractivity contribution in [2.45, 2.75) is 20.4 Å². The number of benzene rings is 2. The van der Waals surface area contributed by atoms with E-state index in [1.54, 1.807) is 0 Å². The van der Waals surface area contributed by atoms with Crippen molar-refractivity contribution < 1.29 is 19.4 Å². The Balaban J connectivity index is 1.51. The second kappa shape index (κ2) is 8.94. The zero-order valence-corrected chi connectivity index (χ0v) is 19.2. The molecule has 0 saturated heterocycles. The molecule has 0 amide bonds. The third-order valence-electron chi connectivity index (χ3n) is 5.29. The van der Waals surface area contributed by atoms with Gasteiger partial charge in [0.2, 0.25) is 5.06 Å². The summed E-state index contributed by atoms with van der Waals surface area (Å²) in [6, 6.07) is 16.4. The van der Waals surface area contributed by atoms with E-state index in [4.69, 9.17) is 14.6 Å². The monoisotopic (exact) mass is 476 g/mol. The summed E-state index contributed by atoms with van der Waals surface area (Å²) < 4.78 is 12.6. The molecule has 3 aromatic heterocycles. The molecule has 0 aliphatic heterocycles. The third-order valence-corrected chi connectivity index (χ3v) is 6.25. The molecule has 2 N–H and O–H groups in total. The number of aryl methyl sites for hydroxylation is 1. The highest BCUT2D eigenvalue weighted by molar-refractivity contribution is 7.15. The molecule has 3 heterocycles. The van der Waals surface area contributed by atoms with Crippen LogP contribution < -0.4 is 9.47 Å². The first-order chi connectivity index (χ1) is 16.5. The van der Waals surface area contributed by atoms with Crippen molar-refractivity contribution in [2.75, 3.05) is 6.61 Å². The molecule has 172 valence electrons. The largest absolute Gasteiger partial charge is 0.512 e. The maximum atomic E-state index is 11.2. The lowest BCUT2D eigenvalue weighted by molar-refractivity contribution is 0.146. The first kappa shape index (κ1) is 21.6. The maximum absolute atomic E-state index is 11.2. The van der Waals surface area contributed by atoms with Crippen LogP contribution in [0.3, 0.4) is 0 Å². The van der Waals surface area contributed by atoms with Gasteiger partial charge in [0.05, 0.1) is 13.2 Å². The molecule has 0 radical (unpaired) electrons. The van der Waals surface area contributed by atoms with Gasteiger partial charge in [-0.1, -0.05) is 59.9 Å². The molecule has 0 fully saturated rings. The van der Waals surface area contributed by atoms with E-state index < -0.39 is 6.16 Å². The molecule has 0 atom stereocenters. The van der Waals surface area contributed by atoms with E-state index in [2.05, 4.69) is 25.6 Å². The first-order valence-corrected chi connectivity index (χ1v) is 11.3. The van der Waals surface area contributed by atoms with E-state index in [1.165, 1.54) is 11.3 Å². The summed E-state index contributed by atoms with van der Waals surface area (Å²) in [6.07, 6.45) is -1.36. The van der Waals surface area contributed by atoms with Crippen LogP contribution in [0.15, 0.2) is 48.5 Å². The Morgan fingerprint density at radius 2 is 1.91 bits per heavy atom. The maximum Gasteiger partial charge on any atom is 0.512 e. The van der Waals surface area contributed by atoms with Crippen molar-refractivity contribution in [3.05, 3.63) is 59.0 Å². The van der Waals surface area contributed by atoms with Gasteiger partial charge in [0.1, 0.15) is 11.0 Å². The number of thiophene rings is 1. The second-order valence-electron chi connectivity index (χ2n) is 7.42. The number of carboxylic acid groups (broad SMARTS) is 1. The van der Waals surface area contributed by atoms with Gasteiger partial charge in [-0.3, -0.25) is 4.57 Å². The molecule has 5 rings (SSSR count). The number of hydrogen-bond acceptors (Lipinski definition) is 8. The fourth-order valence-electron chi connectivity index (χ4n) is 3.84. The number of nitrogens with one attached hydrogen (secondary N) is 1. The lowest BCUT2D eigenvalue weighted by Crippen LogP contribution is -2.07. The van der Waals surface area contributed by atoms with Crippen LogP contribution in [-0.4, -0.2) is 48.0 Å². The molecule has 2 aromatic carbocycles. The van der Waals surface area contributed by atoms with E-state index in [1.807, 2.05) is 66.9 Å². The highest BCUT2D eigenvalue weighted by Gasteiger charge is 2.23. The van der Waals surface area contributed by atoms with E-state index >= 15 is 0 Å². The van der Waals surface area contributed by atoms with Crippen LogP contribution in [0.1, 0.15) is 17.4 Å². The van der Waals surface area contributed by atoms with E-state index in [0.29, 0.717) is 36.0 Å². The van der Waals surface area contributed by atoms with Crippen LogP contribution in [-0.2, 0) is 6.54 Å². The minimum absolute atomic E-state index is 0.282. The van der Waals surface area contributed by atoms with Crippen molar-refractivity contribution in [1.29, 1.82) is 0 Å². The van der Waals surface area contributed by atoms with E-state index in [-0.39, 0.29) is 5.06 Å². The number of H-pyrrole nitrogens is 1. The Labute approximate surface area is 197 Å². The van der Waals surface area contributed by atoms with Gasteiger partial charge < -0.3 is 14.6 Å². The minimum Gasteiger partial charge on any atom is -0.465 e. The smallest absolute Gasteiger partial charge is 0.465 e. The molecule has 5 aromatic rings.